The molecule has 0 saturated carbocycles. The Bertz CT molecular complexity index is 1690. The summed E-state index contributed by atoms with van der Waals surface area (Å²) >= 11 is 0. The molecule has 3 N–H and O–H groups in total. The van der Waals surface area contributed by atoms with Crippen LogP contribution >= 0.6 is 0 Å². The van der Waals surface area contributed by atoms with Crippen molar-refractivity contribution in [1.82, 2.24) is 10.2 Å². The van der Waals surface area contributed by atoms with Crippen LogP contribution in [0.1, 0.15) is 77.1 Å². The van der Waals surface area contributed by atoms with E-state index in [2.05, 4.69) is 24.5 Å². The number of nitrogens with one attached hydrogen (secondary N) is 2. The average molecular weight is 652 g/mol. The number of carbonyl (C=O) groups is 3. The van der Waals surface area contributed by atoms with Crippen molar-refractivity contribution in [3.05, 3.63) is 108 Å². The molecule has 8 heteroatoms. The van der Waals surface area contributed by atoms with E-state index in [1.54, 1.807) is 49.9 Å². The molecule has 0 spiro atoms. The Labute approximate surface area is 284 Å². The summed E-state index contributed by atoms with van der Waals surface area (Å²) in [5.74, 6) is -0.305. The summed E-state index contributed by atoms with van der Waals surface area (Å²) in [6, 6.07) is 25.4. The third-order valence-corrected chi connectivity index (χ3v) is 8.19. The molecule has 0 aromatic heterocycles. The highest BCUT2D eigenvalue weighted by molar-refractivity contribution is 6.00. The molecule has 4 aromatic rings. The number of anilines is 1. The Morgan fingerprint density at radius 2 is 1.48 bits per heavy atom. The molecule has 8 nitrogen and oxygen atoms in total. The molecule has 0 bridgehead atoms. The van der Waals surface area contributed by atoms with Crippen LogP contribution in [0, 0.1) is 12.8 Å². The summed E-state index contributed by atoms with van der Waals surface area (Å²) < 4.78 is 5.57. The number of alkyl carbamates (subject to hydrolysis) is 1. The van der Waals surface area contributed by atoms with Crippen molar-refractivity contribution >= 4 is 34.4 Å². The summed E-state index contributed by atoms with van der Waals surface area (Å²) in [6.07, 6.45) is 0.869. The third kappa shape index (κ3) is 10.1. The van der Waals surface area contributed by atoms with Crippen molar-refractivity contribution in [3.63, 3.8) is 0 Å². The molecule has 0 saturated heterocycles. The van der Waals surface area contributed by atoms with Gasteiger partial charge in [0.05, 0.1) is 0 Å². The average Bonchev–Trinajstić information content (AvgIpc) is 3.02. The van der Waals surface area contributed by atoms with Crippen molar-refractivity contribution in [2.24, 2.45) is 5.92 Å². The third-order valence-electron chi connectivity index (χ3n) is 8.19. The van der Waals surface area contributed by atoms with Gasteiger partial charge in [-0.15, -0.1) is 0 Å². The van der Waals surface area contributed by atoms with Crippen molar-refractivity contribution in [2.75, 3.05) is 5.32 Å². The highest BCUT2D eigenvalue weighted by Crippen LogP contribution is 2.30. The minimum Gasteiger partial charge on any atom is -0.508 e. The van der Waals surface area contributed by atoms with Gasteiger partial charge in [-0.2, -0.15) is 0 Å². The molecule has 3 unspecified atom stereocenters. The number of phenolic OH excluding ortho intramolecular Hbond substituents is 1. The quantitative estimate of drug-likeness (QED) is 0.143. The van der Waals surface area contributed by atoms with Gasteiger partial charge in [0.25, 0.3) is 5.91 Å². The maximum atomic E-state index is 14.9. The van der Waals surface area contributed by atoms with Gasteiger partial charge in [-0.3, -0.25) is 9.59 Å². The van der Waals surface area contributed by atoms with Crippen LogP contribution in [0.5, 0.6) is 5.75 Å². The van der Waals surface area contributed by atoms with Crippen LogP contribution in [0.4, 0.5) is 10.5 Å². The number of rotatable bonds is 12. The number of aromatic hydroxyl groups is 1. The monoisotopic (exact) mass is 651 g/mol. The first-order valence-corrected chi connectivity index (χ1v) is 16.7. The van der Waals surface area contributed by atoms with Crippen molar-refractivity contribution < 1.29 is 24.2 Å². The van der Waals surface area contributed by atoms with Crippen molar-refractivity contribution in [2.45, 2.75) is 91.5 Å². The zero-order valence-corrected chi connectivity index (χ0v) is 29.1. The predicted molar refractivity (Wildman–Crippen MR) is 192 cm³/mol. The van der Waals surface area contributed by atoms with E-state index in [-0.39, 0.29) is 24.1 Å². The Morgan fingerprint density at radius 3 is 2.10 bits per heavy atom. The summed E-state index contributed by atoms with van der Waals surface area (Å²) in [7, 11) is 0. The molecule has 0 aliphatic rings. The van der Waals surface area contributed by atoms with Gasteiger partial charge in [0.2, 0.25) is 5.91 Å². The summed E-state index contributed by atoms with van der Waals surface area (Å²) in [5, 5.41) is 17.8. The highest BCUT2D eigenvalue weighted by Gasteiger charge is 2.39. The molecule has 4 rings (SSSR count). The van der Waals surface area contributed by atoms with Crippen molar-refractivity contribution in [3.8, 4) is 5.75 Å². The molecule has 0 fully saturated rings. The van der Waals surface area contributed by atoms with Crippen LogP contribution in [0.2, 0.25) is 0 Å². The Morgan fingerprint density at radius 1 is 0.833 bits per heavy atom. The number of nitrogens with zero attached hydrogens (tertiary/aromatic N) is 1. The molecule has 48 heavy (non-hydrogen) atoms. The number of benzene rings is 4. The SMILES string of the molecule is Cc1ccc(C(C(=O)Nc2ccc3ccccc3c2)N(C(=O)C(Cc2ccc(O)cc2)NC(=O)OC(C)(C)C)C(C)CCC(C)C)cc1. The van der Waals surface area contributed by atoms with E-state index in [4.69, 9.17) is 4.74 Å². The van der Waals surface area contributed by atoms with E-state index in [0.29, 0.717) is 23.6 Å². The number of amides is 3. The lowest BCUT2D eigenvalue weighted by Gasteiger charge is -2.39. The molecule has 3 amide bonds. The second-order valence-corrected chi connectivity index (χ2v) is 14.0. The number of hydrogen-bond acceptors (Lipinski definition) is 5. The van der Waals surface area contributed by atoms with Gasteiger partial charge in [0.15, 0.2) is 0 Å². The van der Waals surface area contributed by atoms with E-state index < -0.39 is 29.7 Å². The molecule has 0 aliphatic carbocycles. The summed E-state index contributed by atoms with van der Waals surface area (Å²) in [6.45, 7) is 13.5. The molecule has 3 atom stereocenters. The van der Waals surface area contributed by atoms with Crippen LogP contribution < -0.4 is 10.6 Å². The van der Waals surface area contributed by atoms with Crippen LogP contribution in [0.3, 0.4) is 0 Å². The largest absolute Gasteiger partial charge is 0.508 e. The van der Waals surface area contributed by atoms with Gasteiger partial charge in [-0.05, 0) is 99.5 Å². The fourth-order valence-electron chi connectivity index (χ4n) is 5.67. The standard InChI is InChI=1S/C40H49N3O5/c1-26(2)12-15-28(4)43(38(46)35(42-39(47)48-40(5,6)7)24-29-16-22-34(44)23-17-29)36(31-18-13-27(3)14-19-31)37(45)41-33-21-20-30-10-8-9-11-32(30)25-33/h8-11,13-14,16-23,25-26,28,35-36,44H,12,15,24H2,1-7H3,(H,41,45)(H,42,47). The molecule has 0 radical (unpaired) electrons. The van der Waals surface area contributed by atoms with Gasteiger partial charge in [0, 0.05) is 18.2 Å². The minimum absolute atomic E-state index is 0.0930. The van der Waals surface area contributed by atoms with Gasteiger partial charge < -0.3 is 25.4 Å². The Kier molecular flexibility index (Phi) is 11.9. The Balaban J connectivity index is 1.80. The number of phenols is 1. The van der Waals surface area contributed by atoms with Crippen LogP contribution in [0.15, 0.2) is 91.0 Å². The lowest BCUT2D eigenvalue weighted by molar-refractivity contribution is -0.143. The number of ether oxygens (including phenoxy) is 1. The Hall–Kier alpha value is -4.85. The second-order valence-electron chi connectivity index (χ2n) is 14.0. The van der Waals surface area contributed by atoms with Crippen LogP contribution in [-0.2, 0) is 20.7 Å². The zero-order valence-electron chi connectivity index (χ0n) is 29.1. The molecule has 0 aliphatic heterocycles. The predicted octanol–water partition coefficient (Wildman–Crippen LogP) is 8.32. The maximum Gasteiger partial charge on any atom is 0.408 e. The first-order valence-electron chi connectivity index (χ1n) is 16.7. The summed E-state index contributed by atoms with van der Waals surface area (Å²) in [4.78, 5) is 44.2. The van der Waals surface area contributed by atoms with E-state index in [0.717, 1.165) is 28.3 Å². The molecule has 4 aromatic carbocycles. The minimum atomic E-state index is -1.06. The molecule has 0 heterocycles. The smallest absolute Gasteiger partial charge is 0.408 e. The number of aryl methyl sites for hydroxylation is 1. The number of carbonyl (C=O) groups excluding carboxylic acids is 3. The second kappa shape index (κ2) is 15.8. The fraction of sp³-hybridized carbons (Fsp3) is 0.375. The van der Waals surface area contributed by atoms with Crippen LogP contribution in [-0.4, -0.2) is 45.6 Å². The normalized spacial score (nSPS) is 13.4. The lowest BCUT2D eigenvalue weighted by atomic mass is 9.95. The topological polar surface area (TPSA) is 108 Å². The van der Waals surface area contributed by atoms with E-state index in [9.17, 15) is 19.5 Å². The molecular formula is C40H49N3O5. The maximum absolute atomic E-state index is 14.9. The molecule has 254 valence electrons. The summed E-state index contributed by atoms with van der Waals surface area (Å²) in [5.41, 5.74) is 2.24. The fourth-order valence-corrected chi connectivity index (χ4v) is 5.67. The lowest BCUT2D eigenvalue weighted by Crippen LogP contribution is -2.55. The molecular weight excluding hydrogens is 602 g/mol. The highest BCUT2D eigenvalue weighted by atomic mass is 16.6. The van der Waals surface area contributed by atoms with E-state index >= 15 is 0 Å². The van der Waals surface area contributed by atoms with Crippen LogP contribution in [0.25, 0.3) is 10.8 Å². The van der Waals surface area contributed by atoms with Gasteiger partial charge in [-0.25, -0.2) is 4.79 Å². The van der Waals surface area contributed by atoms with E-state index in [1.165, 1.54) is 0 Å². The van der Waals surface area contributed by atoms with Crippen molar-refractivity contribution in [1.29, 1.82) is 0 Å². The number of hydrogen-bond donors (Lipinski definition) is 3. The van der Waals surface area contributed by atoms with E-state index in [1.807, 2.05) is 80.6 Å². The van der Waals surface area contributed by atoms with Gasteiger partial charge in [-0.1, -0.05) is 86.1 Å². The van der Waals surface area contributed by atoms with Gasteiger partial charge >= 0.3 is 6.09 Å². The first kappa shape index (κ1) is 36.0. The number of fused-ring (bicyclic) bond motifs is 1. The zero-order chi connectivity index (χ0) is 35.0. The van der Waals surface area contributed by atoms with Gasteiger partial charge in [0.1, 0.15) is 23.4 Å². The first-order chi connectivity index (χ1) is 22.7.